The Kier molecular flexibility index (Phi) is 4.38. The molecule has 2 fully saturated rings. The highest BCUT2D eigenvalue weighted by atomic mass is 35.5. The van der Waals surface area contributed by atoms with Gasteiger partial charge in [0.25, 0.3) is 0 Å². The first-order valence-corrected chi connectivity index (χ1v) is 11.4. The van der Waals surface area contributed by atoms with Crippen molar-refractivity contribution in [3.8, 4) is 17.0 Å². The predicted molar refractivity (Wildman–Crippen MR) is 118 cm³/mol. The van der Waals surface area contributed by atoms with Gasteiger partial charge in [0.2, 0.25) is 0 Å². The summed E-state index contributed by atoms with van der Waals surface area (Å²) in [4.78, 5) is 0. The second-order valence-corrected chi connectivity index (χ2v) is 9.22. The number of hydrogen-bond donors (Lipinski definition) is 0. The van der Waals surface area contributed by atoms with Gasteiger partial charge >= 0.3 is 0 Å². The maximum atomic E-state index is 6.60. The van der Waals surface area contributed by atoms with E-state index in [9.17, 15) is 0 Å². The Balaban J connectivity index is 1.73. The van der Waals surface area contributed by atoms with Crippen molar-refractivity contribution in [2.45, 2.75) is 42.8 Å². The molecule has 2 aliphatic rings. The Bertz CT molecular complexity index is 1040. The van der Waals surface area contributed by atoms with Crippen molar-refractivity contribution in [2.75, 3.05) is 20.4 Å². The fourth-order valence-electron chi connectivity index (χ4n) is 4.55. The molecular weight excluding hydrogens is 390 g/mol. The average Bonchev–Trinajstić information content (AvgIpc) is 3.61. The van der Waals surface area contributed by atoms with Crippen LogP contribution < -0.4 is 9.22 Å². The topological polar surface area (TPSA) is 26.5 Å². The zero-order chi connectivity index (χ0) is 19.5. The van der Waals surface area contributed by atoms with E-state index in [1.54, 1.807) is 18.9 Å². The largest absolute Gasteiger partial charge is 0.497 e. The van der Waals surface area contributed by atoms with Crippen LogP contribution in [0, 0.1) is 0 Å². The number of thioether (sulfide) groups is 1. The smallest absolute Gasteiger partial charge is 0.193 e. The number of benzene rings is 1. The summed E-state index contributed by atoms with van der Waals surface area (Å²) in [5.74, 6) is 0.763. The van der Waals surface area contributed by atoms with Gasteiger partial charge in [0.05, 0.1) is 37.0 Å². The van der Waals surface area contributed by atoms with E-state index in [1.807, 2.05) is 18.2 Å². The van der Waals surface area contributed by atoms with Gasteiger partial charge in [-0.2, -0.15) is 5.10 Å². The molecule has 2 aromatic heterocycles. The molecular formula is C22H25ClN3OS+. The van der Waals surface area contributed by atoms with Crippen molar-refractivity contribution in [3.63, 3.8) is 0 Å². The lowest BCUT2D eigenvalue weighted by atomic mass is 10.1. The van der Waals surface area contributed by atoms with Crippen molar-refractivity contribution in [2.24, 2.45) is 0 Å². The Morgan fingerprint density at radius 3 is 2.43 bits per heavy atom. The third-order valence-corrected chi connectivity index (χ3v) is 7.31. The zero-order valence-electron chi connectivity index (χ0n) is 16.5. The minimum absolute atomic E-state index is 0.677. The van der Waals surface area contributed by atoms with Crippen LogP contribution in [0.5, 0.6) is 5.75 Å². The number of ether oxygens (including phenoxy) is 1. The van der Waals surface area contributed by atoms with Crippen molar-refractivity contribution < 1.29 is 4.74 Å². The second-order valence-electron chi connectivity index (χ2n) is 8.02. The highest BCUT2D eigenvalue weighted by Gasteiger charge is 2.55. The van der Waals surface area contributed by atoms with Crippen molar-refractivity contribution in [3.05, 3.63) is 41.4 Å². The van der Waals surface area contributed by atoms with Crippen LogP contribution in [-0.4, -0.2) is 42.1 Å². The average molecular weight is 415 g/mol. The molecule has 0 spiro atoms. The lowest BCUT2D eigenvalue weighted by Gasteiger charge is -2.34. The highest BCUT2D eigenvalue weighted by Crippen LogP contribution is 2.51. The van der Waals surface area contributed by atoms with E-state index < -0.39 is 0 Å². The summed E-state index contributed by atoms with van der Waals surface area (Å²) in [7, 11) is 4.09. The monoisotopic (exact) mass is 414 g/mol. The molecule has 1 aromatic carbocycles. The highest BCUT2D eigenvalue weighted by molar-refractivity contribution is 7.98. The summed E-state index contributed by atoms with van der Waals surface area (Å²) in [5, 5.41) is 6.87. The van der Waals surface area contributed by atoms with Gasteiger partial charge in [0, 0.05) is 31.2 Å². The molecule has 0 unspecified atom stereocenters. The first-order valence-electron chi connectivity index (χ1n) is 9.84. The van der Waals surface area contributed by atoms with Crippen molar-refractivity contribution in [1.29, 1.82) is 0 Å². The molecule has 0 N–H and O–H groups in total. The summed E-state index contributed by atoms with van der Waals surface area (Å²) in [6, 6.07) is 13.7. The summed E-state index contributed by atoms with van der Waals surface area (Å²) >= 11 is 8.36. The van der Waals surface area contributed by atoms with Crippen LogP contribution >= 0.6 is 23.4 Å². The molecule has 4 nitrogen and oxygen atoms in total. The van der Waals surface area contributed by atoms with Gasteiger partial charge in [-0.15, -0.1) is 11.8 Å². The third kappa shape index (κ3) is 2.75. The number of halogens is 1. The van der Waals surface area contributed by atoms with Crippen LogP contribution in [0.2, 0.25) is 5.02 Å². The van der Waals surface area contributed by atoms with E-state index in [0.717, 1.165) is 38.6 Å². The minimum atomic E-state index is 0.677. The summed E-state index contributed by atoms with van der Waals surface area (Å²) in [6.45, 7) is 0. The molecule has 0 aliphatic heterocycles. The van der Waals surface area contributed by atoms with E-state index >= 15 is 0 Å². The van der Waals surface area contributed by atoms with Gasteiger partial charge in [-0.1, -0.05) is 17.7 Å². The number of quaternary nitrogens is 1. The Hall–Kier alpha value is -1.69. The second kappa shape index (κ2) is 6.68. The fraction of sp³-hybridized carbons (Fsp3) is 0.409. The number of aromatic nitrogens is 2. The third-order valence-electron chi connectivity index (χ3n) is 6.34. The van der Waals surface area contributed by atoms with Crippen LogP contribution in [-0.2, 0) is 0 Å². The molecule has 2 saturated carbocycles. The molecule has 2 heterocycles. The maximum Gasteiger partial charge on any atom is 0.193 e. The van der Waals surface area contributed by atoms with Gasteiger partial charge in [0.1, 0.15) is 11.3 Å². The maximum absolute atomic E-state index is 6.60. The van der Waals surface area contributed by atoms with Crippen LogP contribution in [0.4, 0.5) is 5.69 Å². The SMILES string of the molecule is COc1ccc(-c2cccc3c([N+](C)(C4CC4)C4CC4)c(SC)nn23)c(Cl)c1. The first kappa shape index (κ1) is 18.3. The van der Waals surface area contributed by atoms with E-state index in [1.165, 1.54) is 36.9 Å². The van der Waals surface area contributed by atoms with E-state index in [0.29, 0.717) is 5.02 Å². The van der Waals surface area contributed by atoms with Crippen LogP contribution in [0.3, 0.4) is 0 Å². The zero-order valence-corrected chi connectivity index (χ0v) is 18.1. The van der Waals surface area contributed by atoms with E-state index in [2.05, 4.69) is 36.0 Å². The van der Waals surface area contributed by atoms with Gasteiger partial charge < -0.3 is 4.74 Å². The predicted octanol–water partition coefficient (Wildman–Crippen LogP) is 5.65. The van der Waals surface area contributed by atoms with E-state index in [-0.39, 0.29) is 0 Å². The van der Waals surface area contributed by atoms with Crippen LogP contribution in [0.1, 0.15) is 25.7 Å². The Morgan fingerprint density at radius 1 is 1.14 bits per heavy atom. The molecule has 28 heavy (non-hydrogen) atoms. The fourth-order valence-corrected chi connectivity index (χ4v) is 5.47. The quantitative estimate of drug-likeness (QED) is 0.385. The van der Waals surface area contributed by atoms with Gasteiger partial charge in [0.15, 0.2) is 10.7 Å². The molecule has 0 amide bonds. The van der Waals surface area contributed by atoms with Gasteiger partial charge in [-0.05, 0) is 36.6 Å². The Morgan fingerprint density at radius 2 is 1.86 bits per heavy atom. The van der Waals surface area contributed by atoms with Crippen LogP contribution in [0.15, 0.2) is 41.4 Å². The Labute approximate surface area is 175 Å². The molecule has 0 radical (unpaired) electrons. The lowest BCUT2D eigenvalue weighted by Crippen LogP contribution is -2.49. The van der Waals surface area contributed by atoms with Crippen molar-refractivity contribution in [1.82, 2.24) is 14.1 Å². The lowest BCUT2D eigenvalue weighted by molar-refractivity contribution is 0.306. The molecule has 3 aromatic rings. The first-order chi connectivity index (χ1) is 13.6. The number of rotatable bonds is 6. The van der Waals surface area contributed by atoms with E-state index in [4.69, 9.17) is 21.4 Å². The molecule has 0 saturated heterocycles. The summed E-state index contributed by atoms with van der Waals surface area (Å²) < 4.78 is 8.45. The number of fused-ring (bicyclic) bond motifs is 1. The molecule has 0 bridgehead atoms. The normalized spacial score (nSPS) is 17.3. The van der Waals surface area contributed by atoms with Gasteiger partial charge in [-0.3, -0.25) is 4.48 Å². The van der Waals surface area contributed by atoms with Crippen LogP contribution in [0.25, 0.3) is 16.8 Å². The summed E-state index contributed by atoms with van der Waals surface area (Å²) in [5.41, 5.74) is 4.59. The molecule has 2 aliphatic carbocycles. The molecule has 5 rings (SSSR count). The standard InChI is InChI=1S/C22H25ClN3OS/c1-26(14-7-8-14,15-9-10-15)21-20-6-4-5-19(25(20)24-22(21)28-3)17-12-11-16(27-2)13-18(17)23/h4-6,11-15H,7-10H2,1-3H3/q+1. The number of pyridine rings is 1. The number of hydrogen-bond acceptors (Lipinski definition) is 3. The number of methoxy groups -OCH3 is 1. The molecule has 6 heteroatoms. The molecule has 0 atom stereocenters. The molecule has 146 valence electrons. The van der Waals surface area contributed by atoms with Crippen molar-refractivity contribution >= 4 is 34.6 Å². The number of nitrogens with zero attached hydrogens (tertiary/aromatic N) is 3. The summed E-state index contributed by atoms with van der Waals surface area (Å²) in [6.07, 6.45) is 7.42. The minimum Gasteiger partial charge on any atom is -0.497 e. The van der Waals surface area contributed by atoms with Gasteiger partial charge in [-0.25, -0.2) is 4.52 Å².